The maximum Gasteiger partial charge on any atom is 0.0406 e. The van der Waals surface area contributed by atoms with Gasteiger partial charge in [-0.3, -0.25) is 0 Å². The van der Waals surface area contributed by atoms with Gasteiger partial charge in [0.2, 0.25) is 0 Å². The molecule has 1 aromatic carbocycles. The lowest BCUT2D eigenvalue weighted by atomic mass is 10.2. The number of halogens is 1. The van der Waals surface area contributed by atoms with Gasteiger partial charge in [-0.15, -0.1) is 0 Å². The van der Waals surface area contributed by atoms with E-state index in [-0.39, 0.29) is 0 Å². The van der Waals surface area contributed by atoms with Crippen LogP contribution in [0.2, 0.25) is 5.02 Å². The van der Waals surface area contributed by atoms with Crippen LogP contribution < -0.4 is 0 Å². The van der Waals surface area contributed by atoms with Crippen LogP contribution in [0.1, 0.15) is 12.5 Å². The van der Waals surface area contributed by atoms with Crippen LogP contribution in [0.4, 0.5) is 0 Å². The number of hydrogen-bond donors (Lipinski definition) is 0. The number of hydrogen-bond acceptors (Lipinski definition) is 0. The van der Waals surface area contributed by atoms with Gasteiger partial charge in [0.25, 0.3) is 0 Å². The third kappa shape index (κ3) is 2.93. The van der Waals surface area contributed by atoms with Gasteiger partial charge in [0.1, 0.15) is 0 Å². The Hall–Kier alpha value is -1.01. The van der Waals surface area contributed by atoms with E-state index in [0.717, 1.165) is 16.2 Å². The quantitative estimate of drug-likeness (QED) is 0.602. The fourth-order valence-corrected chi connectivity index (χ4v) is 0.938. The first-order valence-electron chi connectivity index (χ1n) is 3.77. The van der Waals surface area contributed by atoms with Gasteiger partial charge >= 0.3 is 0 Å². The molecule has 0 bridgehead atoms. The van der Waals surface area contributed by atoms with E-state index in [0.29, 0.717) is 0 Å². The fourth-order valence-electron chi connectivity index (χ4n) is 0.812. The van der Waals surface area contributed by atoms with Gasteiger partial charge in [-0.25, -0.2) is 0 Å². The van der Waals surface area contributed by atoms with E-state index in [1.54, 1.807) is 0 Å². The van der Waals surface area contributed by atoms with E-state index < -0.39 is 0 Å². The molecule has 0 heterocycles. The van der Waals surface area contributed by atoms with Crippen molar-refractivity contribution in [3.05, 3.63) is 53.1 Å². The zero-order valence-electron chi connectivity index (χ0n) is 7.05. The lowest BCUT2D eigenvalue weighted by Crippen LogP contribution is -1.70. The van der Waals surface area contributed by atoms with Crippen LogP contribution in [0.15, 0.2) is 42.5 Å². The Morgan fingerprint density at radius 2 is 1.92 bits per heavy atom. The van der Waals surface area contributed by atoms with Crippen molar-refractivity contribution in [3.8, 4) is 0 Å². The summed E-state index contributed by atoms with van der Waals surface area (Å²) in [5, 5.41) is 0.766. The topological polar surface area (TPSA) is 0 Å². The summed E-state index contributed by atoms with van der Waals surface area (Å²) in [6.45, 7) is 5.74. The van der Waals surface area contributed by atoms with Crippen LogP contribution in [-0.4, -0.2) is 0 Å². The second-order valence-electron chi connectivity index (χ2n) is 2.73. The molecule has 0 saturated heterocycles. The Bertz CT molecular complexity index is 293. The molecule has 0 N–H and O–H groups in total. The largest absolute Gasteiger partial charge is 0.0961 e. The number of allylic oxidation sites excluding steroid dienone is 2. The monoisotopic (exact) mass is 178 g/mol. The van der Waals surface area contributed by atoms with E-state index >= 15 is 0 Å². The van der Waals surface area contributed by atoms with Gasteiger partial charge in [0.15, 0.2) is 0 Å². The molecule has 0 amide bonds. The van der Waals surface area contributed by atoms with Crippen LogP contribution in [0.5, 0.6) is 0 Å². The standard InChI is InChI=1S/C11H11Cl/c1-9(2)3-4-10-5-7-11(12)8-6-10/h3-8H,1H2,2H3/b4-3+. The Labute approximate surface area is 78.2 Å². The van der Waals surface area contributed by atoms with Crippen LogP contribution in [0.25, 0.3) is 6.08 Å². The van der Waals surface area contributed by atoms with Crippen LogP contribution in [0.3, 0.4) is 0 Å². The van der Waals surface area contributed by atoms with Gasteiger partial charge in [0.05, 0.1) is 0 Å². The fraction of sp³-hybridized carbons (Fsp3) is 0.0909. The maximum atomic E-state index is 5.73. The highest BCUT2D eigenvalue weighted by atomic mass is 35.5. The molecule has 0 aliphatic heterocycles. The summed E-state index contributed by atoms with van der Waals surface area (Å²) in [6.07, 6.45) is 3.99. The minimum atomic E-state index is 0.766. The molecule has 12 heavy (non-hydrogen) atoms. The molecule has 0 aliphatic rings. The molecular formula is C11H11Cl. The summed E-state index contributed by atoms with van der Waals surface area (Å²) in [4.78, 5) is 0. The second kappa shape index (κ2) is 4.13. The van der Waals surface area contributed by atoms with Crippen molar-refractivity contribution in [2.45, 2.75) is 6.92 Å². The third-order valence-electron chi connectivity index (χ3n) is 1.43. The molecule has 0 spiro atoms. The van der Waals surface area contributed by atoms with Crippen LogP contribution in [-0.2, 0) is 0 Å². The van der Waals surface area contributed by atoms with Gasteiger partial charge < -0.3 is 0 Å². The average Bonchev–Trinajstić information content (AvgIpc) is 2.03. The average molecular weight is 179 g/mol. The summed E-state index contributed by atoms with van der Waals surface area (Å²) in [7, 11) is 0. The van der Waals surface area contributed by atoms with E-state index in [1.165, 1.54) is 0 Å². The molecule has 0 aliphatic carbocycles. The van der Waals surface area contributed by atoms with Crippen LogP contribution >= 0.6 is 11.6 Å². The SMILES string of the molecule is C=C(C)/C=C/c1ccc(Cl)cc1. The molecule has 0 fully saturated rings. The normalized spacial score (nSPS) is 10.5. The van der Waals surface area contributed by atoms with Crippen molar-refractivity contribution in [1.29, 1.82) is 0 Å². The van der Waals surface area contributed by atoms with E-state index in [2.05, 4.69) is 6.58 Å². The van der Waals surface area contributed by atoms with E-state index in [4.69, 9.17) is 11.6 Å². The first-order chi connectivity index (χ1) is 5.68. The van der Waals surface area contributed by atoms with Crippen molar-refractivity contribution in [2.24, 2.45) is 0 Å². The minimum absolute atomic E-state index is 0.766. The smallest absolute Gasteiger partial charge is 0.0406 e. The molecule has 0 atom stereocenters. The van der Waals surface area contributed by atoms with Crippen LogP contribution in [0, 0.1) is 0 Å². The van der Waals surface area contributed by atoms with Gasteiger partial charge in [-0.05, 0) is 24.6 Å². The lowest BCUT2D eigenvalue weighted by molar-refractivity contribution is 1.57. The van der Waals surface area contributed by atoms with Crippen molar-refractivity contribution >= 4 is 17.7 Å². The van der Waals surface area contributed by atoms with E-state index in [1.807, 2.05) is 43.3 Å². The molecule has 62 valence electrons. The zero-order chi connectivity index (χ0) is 8.97. The highest BCUT2D eigenvalue weighted by Gasteiger charge is 1.86. The predicted octanol–water partition coefficient (Wildman–Crippen LogP) is 3.93. The summed E-state index contributed by atoms with van der Waals surface area (Å²) in [5.74, 6) is 0. The van der Waals surface area contributed by atoms with Crippen molar-refractivity contribution in [2.75, 3.05) is 0 Å². The van der Waals surface area contributed by atoms with Crippen molar-refractivity contribution in [3.63, 3.8) is 0 Å². The van der Waals surface area contributed by atoms with Crippen molar-refractivity contribution < 1.29 is 0 Å². The second-order valence-corrected chi connectivity index (χ2v) is 3.17. The highest BCUT2D eigenvalue weighted by Crippen LogP contribution is 2.11. The minimum Gasteiger partial charge on any atom is -0.0961 e. The van der Waals surface area contributed by atoms with E-state index in [9.17, 15) is 0 Å². The highest BCUT2D eigenvalue weighted by molar-refractivity contribution is 6.30. The Morgan fingerprint density at radius 3 is 2.42 bits per heavy atom. The summed E-state index contributed by atoms with van der Waals surface area (Å²) in [6, 6.07) is 7.70. The Balaban J connectivity index is 2.77. The Kier molecular flexibility index (Phi) is 3.12. The summed E-state index contributed by atoms with van der Waals surface area (Å²) >= 11 is 5.73. The molecule has 1 rings (SSSR count). The maximum absolute atomic E-state index is 5.73. The molecule has 0 aromatic heterocycles. The summed E-state index contributed by atoms with van der Waals surface area (Å²) in [5.41, 5.74) is 2.19. The van der Waals surface area contributed by atoms with Gasteiger partial charge in [0, 0.05) is 5.02 Å². The lowest BCUT2D eigenvalue weighted by Gasteiger charge is -1.92. The number of benzene rings is 1. The zero-order valence-corrected chi connectivity index (χ0v) is 7.81. The molecular weight excluding hydrogens is 168 g/mol. The molecule has 0 saturated carbocycles. The first-order valence-corrected chi connectivity index (χ1v) is 4.15. The van der Waals surface area contributed by atoms with Gasteiger partial charge in [-0.2, -0.15) is 0 Å². The Morgan fingerprint density at radius 1 is 1.33 bits per heavy atom. The van der Waals surface area contributed by atoms with Gasteiger partial charge in [-0.1, -0.05) is 48.0 Å². The predicted molar refractivity (Wildman–Crippen MR) is 55.3 cm³/mol. The van der Waals surface area contributed by atoms with Crippen molar-refractivity contribution in [1.82, 2.24) is 0 Å². The molecule has 0 nitrogen and oxygen atoms in total. The number of rotatable bonds is 2. The molecule has 0 unspecified atom stereocenters. The summed E-state index contributed by atoms with van der Waals surface area (Å²) < 4.78 is 0. The first kappa shape index (κ1) is 9.08. The molecule has 0 radical (unpaired) electrons. The third-order valence-corrected chi connectivity index (χ3v) is 1.68. The molecule has 1 aromatic rings. The molecule has 1 heteroatoms.